The number of hydrogen-bond donors (Lipinski definition) is 0. The lowest BCUT2D eigenvalue weighted by Crippen LogP contribution is -2.29. The highest BCUT2D eigenvalue weighted by Crippen LogP contribution is 2.22. The number of hydrogen-bond acceptors (Lipinski definition) is 3. The van der Waals surface area contributed by atoms with Crippen molar-refractivity contribution >= 4 is 26.4 Å². The summed E-state index contributed by atoms with van der Waals surface area (Å²) in [4.78, 5) is 13.4. The Bertz CT molecular complexity index is 382. The fourth-order valence-electron chi connectivity index (χ4n) is 2.13. The highest BCUT2D eigenvalue weighted by molar-refractivity contribution is 14.1. The molecule has 17 heavy (non-hydrogen) atoms. The van der Waals surface area contributed by atoms with Gasteiger partial charge in [0.05, 0.1) is 18.8 Å². The molecule has 1 fully saturated rings. The van der Waals surface area contributed by atoms with Crippen molar-refractivity contribution in [3.05, 3.63) is 35.9 Å². The quantitative estimate of drug-likeness (QED) is 0.619. The van der Waals surface area contributed by atoms with Crippen molar-refractivity contribution in [2.24, 2.45) is 0 Å². The highest BCUT2D eigenvalue weighted by Gasteiger charge is 2.33. The summed E-state index contributed by atoms with van der Waals surface area (Å²) in [5.74, 6) is 0. The third-order valence-electron chi connectivity index (χ3n) is 3.10. The third-order valence-corrected chi connectivity index (χ3v) is 3.82. The van der Waals surface area contributed by atoms with E-state index >= 15 is 0 Å². The lowest BCUT2D eigenvalue weighted by Gasteiger charge is -2.13. The normalized spacial score (nSPS) is 25.1. The van der Waals surface area contributed by atoms with Crippen LogP contribution in [-0.4, -0.2) is 34.4 Å². The van der Waals surface area contributed by atoms with Crippen LogP contribution in [0.5, 0.6) is 0 Å². The molecule has 2 atom stereocenters. The van der Waals surface area contributed by atoms with E-state index in [1.165, 1.54) is 5.56 Å². The van der Waals surface area contributed by atoms with Crippen LogP contribution in [-0.2, 0) is 16.1 Å². The maximum absolute atomic E-state index is 11.4. The molecule has 3 nitrogen and oxygen atoms in total. The first-order chi connectivity index (χ1) is 8.16. The van der Waals surface area contributed by atoms with E-state index in [1.54, 1.807) is 0 Å². The Morgan fingerprint density at radius 2 is 2.18 bits per heavy atom. The predicted octanol–water partition coefficient (Wildman–Crippen LogP) is 2.24. The summed E-state index contributed by atoms with van der Waals surface area (Å²) in [6.07, 6.45) is 0.981. The van der Waals surface area contributed by atoms with Gasteiger partial charge in [-0.05, 0) is 19.0 Å². The lowest BCUT2D eigenvalue weighted by atomic mass is 10.2. The van der Waals surface area contributed by atoms with Gasteiger partial charge < -0.3 is 4.74 Å². The fraction of sp³-hybridized carbons (Fsp3) is 0.462. The van der Waals surface area contributed by atoms with Crippen molar-refractivity contribution in [3.8, 4) is 0 Å². The van der Waals surface area contributed by atoms with Gasteiger partial charge in [-0.15, -0.1) is 0 Å². The first kappa shape index (κ1) is 13.0. The lowest BCUT2D eigenvalue weighted by molar-refractivity contribution is -0.112. The third kappa shape index (κ3) is 3.50. The Hall–Kier alpha value is -0.460. The van der Waals surface area contributed by atoms with Crippen molar-refractivity contribution in [1.82, 2.24) is 4.90 Å². The van der Waals surface area contributed by atoms with Crippen LogP contribution in [0.15, 0.2) is 30.3 Å². The second-order valence-electron chi connectivity index (χ2n) is 4.41. The molecule has 0 aliphatic carbocycles. The van der Waals surface area contributed by atoms with Gasteiger partial charge in [0.2, 0.25) is 3.79 Å². The van der Waals surface area contributed by atoms with E-state index in [2.05, 4.69) is 17.0 Å². The number of benzene rings is 1. The number of likely N-dealkylation sites (N-methyl/N-ethyl adjacent to an activating group) is 1. The van der Waals surface area contributed by atoms with Crippen LogP contribution in [0.2, 0.25) is 0 Å². The van der Waals surface area contributed by atoms with Gasteiger partial charge in [-0.25, -0.2) is 0 Å². The number of ether oxygens (including phenoxy) is 1. The topological polar surface area (TPSA) is 29.5 Å². The molecule has 0 amide bonds. The van der Waals surface area contributed by atoms with Gasteiger partial charge >= 0.3 is 0 Å². The molecule has 2 rings (SSSR count). The predicted molar refractivity (Wildman–Crippen MR) is 75.1 cm³/mol. The van der Waals surface area contributed by atoms with Gasteiger partial charge in [0.25, 0.3) is 0 Å². The summed E-state index contributed by atoms with van der Waals surface area (Å²) in [5.41, 5.74) is 1.18. The second kappa shape index (κ2) is 5.93. The number of carbonyl (C=O) groups excluding carboxylic acids is 1. The van der Waals surface area contributed by atoms with Crippen molar-refractivity contribution in [3.63, 3.8) is 0 Å². The van der Waals surface area contributed by atoms with Crippen LogP contribution in [0, 0.1) is 0 Å². The smallest absolute Gasteiger partial charge is 0.209 e. The van der Waals surface area contributed by atoms with E-state index in [4.69, 9.17) is 4.74 Å². The van der Waals surface area contributed by atoms with Crippen LogP contribution in [0.1, 0.15) is 12.0 Å². The van der Waals surface area contributed by atoms with Crippen LogP contribution < -0.4 is 0 Å². The first-order valence-electron chi connectivity index (χ1n) is 5.72. The molecular weight excluding hydrogens is 329 g/mol. The van der Waals surface area contributed by atoms with Crippen LogP contribution in [0.25, 0.3) is 0 Å². The fourth-order valence-corrected chi connectivity index (χ4v) is 2.86. The molecular formula is C13H16INO2. The maximum atomic E-state index is 11.4. The highest BCUT2D eigenvalue weighted by atomic mass is 127. The molecule has 0 bridgehead atoms. The molecule has 0 spiro atoms. The van der Waals surface area contributed by atoms with Crippen LogP contribution in [0.4, 0.5) is 0 Å². The van der Waals surface area contributed by atoms with E-state index < -0.39 is 0 Å². The summed E-state index contributed by atoms with van der Waals surface area (Å²) < 4.78 is 6.05. The SMILES string of the molecule is CN1CC(OCc2ccccc2)CC1C(=O)I. The molecule has 92 valence electrons. The number of nitrogens with zero attached hydrogens (tertiary/aromatic N) is 1. The standard InChI is InChI=1S/C13H16INO2/c1-15-8-11(7-12(15)13(14)16)17-9-10-5-3-2-4-6-10/h2-6,11-12H,7-9H2,1H3. The maximum Gasteiger partial charge on any atom is 0.209 e. The van der Waals surface area contributed by atoms with Gasteiger partial charge in [-0.3, -0.25) is 9.69 Å². The van der Waals surface area contributed by atoms with Crippen LogP contribution in [0.3, 0.4) is 0 Å². The Morgan fingerprint density at radius 1 is 1.47 bits per heavy atom. The number of likely N-dealkylation sites (tertiary alicyclic amines) is 1. The van der Waals surface area contributed by atoms with Gasteiger partial charge in [-0.1, -0.05) is 30.3 Å². The summed E-state index contributed by atoms with van der Waals surface area (Å²) in [6, 6.07) is 10.2. The van der Waals surface area contributed by atoms with Gasteiger partial charge in [0, 0.05) is 29.1 Å². The molecule has 2 unspecified atom stereocenters. The average molecular weight is 345 g/mol. The zero-order chi connectivity index (χ0) is 12.3. The van der Waals surface area contributed by atoms with Crippen molar-refractivity contribution in [2.45, 2.75) is 25.2 Å². The molecule has 4 heteroatoms. The first-order valence-corrected chi connectivity index (χ1v) is 6.80. The molecule has 1 saturated heterocycles. The monoisotopic (exact) mass is 345 g/mol. The Balaban J connectivity index is 1.84. The van der Waals surface area contributed by atoms with Crippen molar-refractivity contribution in [1.29, 1.82) is 0 Å². The minimum absolute atomic E-state index is 0.0244. The summed E-state index contributed by atoms with van der Waals surface area (Å²) in [6.45, 7) is 1.47. The largest absolute Gasteiger partial charge is 0.372 e. The van der Waals surface area contributed by atoms with Crippen molar-refractivity contribution in [2.75, 3.05) is 13.6 Å². The van der Waals surface area contributed by atoms with E-state index in [-0.39, 0.29) is 15.9 Å². The second-order valence-corrected chi connectivity index (χ2v) is 5.48. The minimum atomic E-state index is 0.0244. The Kier molecular flexibility index (Phi) is 4.53. The summed E-state index contributed by atoms with van der Waals surface area (Å²) in [5, 5.41) is 0. The molecule has 0 saturated carbocycles. The van der Waals surface area contributed by atoms with Crippen molar-refractivity contribution < 1.29 is 9.53 Å². The van der Waals surface area contributed by atoms with Gasteiger partial charge in [0.1, 0.15) is 0 Å². The minimum Gasteiger partial charge on any atom is -0.372 e. The Labute approximate surface area is 115 Å². The molecule has 0 N–H and O–H groups in total. The molecule has 1 aliphatic rings. The van der Waals surface area contributed by atoms with Gasteiger partial charge in [0.15, 0.2) is 0 Å². The molecule has 0 aromatic heterocycles. The molecule has 1 aliphatic heterocycles. The van der Waals surface area contributed by atoms with Gasteiger partial charge in [-0.2, -0.15) is 0 Å². The zero-order valence-electron chi connectivity index (χ0n) is 9.80. The Morgan fingerprint density at radius 3 is 2.76 bits per heavy atom. The average Bonchev–Trinajstić information content (AvgIpc) is 2.69. The molecule has 1 heterocycles. The zero-order valence-corrected chi connectivity index (χ0v) is 12.0. The molecule has 0 radical (unpaired) electrons. The summed E-state index contributed by atoms with van der Waals surface area (Å²) >= 11 is 1.87. The number of rotatable bonds is 4. The van der Waals surface area contributed by atoms with E-state index in [0.717, 1.165) is 13.0 Å². The van der Waals surface area contributed by atoms with E-state index in [9.17, 15) is 4.79 Å². The molecule has 1 aromatic rings. The molecule has 1 aromatic carbocycles. The summed E-state index contributed by atoms with van der Waals surface area (Å²) in [7, 11) is 1.98. The van der Waals surface area contributed by atoms with Crippen LogP contribution >= 0.6 is 22.6 Å². The van der Waals surface area contributed by atoms with E-state index in [0.29, 0.717) is 6.61 Å². The number of carbonyl (C=O) groups is 1. The number of halogens is 1. The van der Waals surface area contributed by atoms with E-state index in [1.807, 2.05) is 47.8 Å².